The fourth-order valence-electron chi connectivity index (χ4n) is 2.02. The lowest BCUT2D eigenvalue weighted by Crippen LogP contribution is -1.98. The Balaban J connectivity index is 1.47. The van der Waals surface area contributed by atoms with Crippen LogP contribution in [0, 0.1) is 0 Å². The van der Waals surface area contributed by atoms with Crippen molar-refractivity contribution in [3.05, 3.63) is 53.7 Å². The molecule has 4 aromatic rings. The van der Waals surface area contributed by atoms with Crippen LogP contribution in [0.5, 0.6) is 0 Å². The van der Waals surface area contributed by atoms with Crippen LogP contribution in [0.3, 0.4) is 0 Å². The number of thiophene rings is 1. The van der Waals surface area contributed by atoms with Crippen LogP contribution in [-0.4, -0.2) is 20.2 Å². The molecule has 0 atom stereocenters. The summed E-state index contributed by atoms with van der Waals surface area (Å²) in [6, 6.07) is 12.2. The van der Waals surface area contributed by atoms with E-state index in [0.717, 1.165) is 31.3 Å². The number of nitrogens with zero attached hydrogens (tertiary/aromatic N) is 4. The summed E-state index contributed by atoms with van der Waals surface area (Å²) in [5.41, 5.74) is 2.19. The number of anilines is 1. The number of rotatable bonds is 5. The predicted octanol–water partition coefficient (Wildman–Crippen LogP) is 4.31. The fraction of sp³-hybridized carbons (Fsp3) is 0.0667. The first-order chi connectivity index (χ1) is 11.4. The quantitative estimate of drug-likeness (QED) is 0.537. The molecule has 0 radical (unpaired) electrons. The fourth-order valence-corrected chi connectivity index (χ4v) is 4.67. The smallest absolute Gasteiger partial charge is 0.206 e. The molecule has 3 aromatic heterocycles. The van der Waals surface area contributed by atoms with Gasteiger partial charge >= 0.3 is 0 Å². The van der Waals surface area contributed by atoms with Crippen molar-refractivity contribution in [1.29, 1.82) is 0 Å². The Morgan fingerprint density at radius 2 is 1.96 bits per heavy atom. The Morgan fingerprint density at radius 3 is 2.87 bits per heavy atom. The topological polar surface area (TPSA) is 63.6 Å². The van der Waals surface area contributed by atoms with Gasteiger partial charge in [-0.3, -0.25) is 0 Å². The zero-order chi connectivity index (χ0) is 15.5. The van der Waals surface area contributed by atoms with E-state index >= 15 is 0 Å². The Kier molecular flexibility index (Phi) is 4.18. The van der Waals surface area contributed by atoms with E-state index in [4.69, 9.17) is 0 Å². The number of hydrogen-bond acceptors (Lipinski definition) is 8. The van der Waals surface area contributed by atoms with Crippen LogP contribution in [0.2, 0.25) is 0 Å². The average Bonchev–Trinajstić information content (AvgIpc) is 3.23. The monoisotopic (exact) mass is 357 g/mol. The zero-order valence-electron chi connectivity index (χ0n) is 11.8. The summed E-state index contributed by atoms with van der Waals surface area (Å²) in [6.45, 7) is 0.739. The van der Waals surface area contributed by atoms with E-state index in [-0.39, 0.29) is 0 Å². The molecule has 23 heavy (non-hydrogen) atoms. The standard InChI is InChI=1S/C15H11N5S3/c1-2-4-10(5-3-1)8-16-14-19-20-15(23-14)22-13-12-11(6-7-21-12)17-9-18-13/h1-7,9H,8H2,(H,16,19). The second kappa shape index (κ2) is 6.61. The molecule has 0 unspecified atom stereocenters. The van der Waals surface area contributed by atoms with Gasteiger partial charge in [0.1, 0.15) is 11.4 Å². The molecule has 0 saturated carbocycles. The van der Waals surface area contributed by atoms with Crippen LogP contribution in [0.1, 0.15) is 5.56 Å². The summed E-state index contributed by atoms with van der Waals surface area (Å²) < 4.78 is 1.96. The molecule has 0 bridgehead atoms. The number of benzene rings is 1. The molecule has 0 amide bonds. The van der Waals surface area contributed by atoms with Gasteiger partial charge < -0.3 is 5.32 Å². The normalized spacial score (nSPS) is 11.0. The Labute approximate surface area is 144 Å². The van der Waals surface area contributed by atoms with E-state index in [1.165, 1.54) is 28.7 Å². The first kappa shape index (κ1) is 14.6. The van der Waals surface area contributed by atoms with E-state index in [1.807, 2.05) is 29.6 Å². The van der Waals surface area contributed by atoms with Crippen molar-refractivity contribution < 1.29 is 0 Å². The summed E-state index contributed by atoms with van der Waals surface area (Å²) in [7, 11) is 0. The minimum atomic E-state index is 0.739. The number of fused-ring (bicyclic) bond motifs is 1. The van der Waals surface area contributed by atoms with Crippen LogP contribution < -0.4 is 5.32 Å². The van der Waals surface area contributed by atoms with E-state index < -0.39 is 0 Å². The number of aromatic nitrogens is 4. The van der Waals surface area contributed by atoms with Gasteiger partial charge in [0.15, 0.2) is 4.34 Å². The van der Waals surface area contributed by atoms with Gasteiger partial charge in [-0.25, -0.2) is 9.97 Å². The number of nitrogens with one attached hydrogen (secondary N) is 1. The largest absolute Gasteiger partial charge is 0.356 e. The number of hydrogen-bond donors (Lipinski definition) is 1. The molecule has 114 valence electrons. The summed E-state index contributed by atoms with van der Waals surface area (Å²) in [6.07, 6.45) is 1.59. The molecule has 5 nitrogen and oxygen atoms in total. The van der Waals surface area contributed by atoms with Gasteiger partial charge in [-0.2, -0.15) is 0 Å². The lowest BCUT2D eigenvalue weighted by Gasteiger charge is -2.01. The molecular formula is C15H11N5S3. The van der Waals surface area contributed by atoms with Gasteiger partial charge in [0.25, 0.3) is 0 Å². The van der Waals surface area contributed by atoms with Crippen molar-refractivity contribution in [2.45, 2.75) is 15.9 Å². The molecular weight excluding hydrogens is 346 g/mol. The molecule has 0 aliphatic rings. The van der Waals surface area contributed by atoms with Crippen LogP contribution in [0.25, 0.3) is 10.2 Å². The van der Waals surface area contributed by atoms with E-state index in [9.17, 15) is 0 Å². The lowest BCUT2D eigenvalue weighted by molar-refractivity contribution is 0.992. The molecule has 1 aromatic carbocycles. The first-order valence-corrected chi connectivity index (χ1v) is 9.37. The highest BCUT2D eigenvalue weighted by molar-refractivity contribution is 8.01. The summed E-state index contributed by atoms with van der Waals surface area (Å²) >= 11 is 4.70. The van der Waals surface area contributed by atoms with Crippen molar-refractivity contribution >= 4 is 49.8 Å². The van der Waals surface area contributed by atoms with Gasteiger partial charge in [-0.15, -0.1) is 21.5 Å². The lowest BCUT2D eigenvalue weighted by atomic mass is 10.2. The van der Waals surface area contributed by atoms with Crippen LogP contribution in [0.15, 0.2) is 57.5 Å². The SMILES string of the molecule is c1ccc(CNc2nnc(Sc3ncnc4ccsc34)s2)cc1. The molecule has 1 N–H and O–H groups in total. The second-order valence-electron chi connectivity index (χ2n) is 4.63. The first-order valence-electron chi connectivity index (χ1n) is 6.86. The highest BCUT2D eigenvalue weighted by Crippen LogP contribution is 2.36. The van der Waals surface area contributed by atoms with E-state index in [2.05, 4.69) is 37.6 Å². The highest BCUT2D eigenvalue weighted by Gasteiger charge is 2.11. The van der Waals surface area contributed by atoms with E-state index in [1.54, 1.807) is 17.7 Å². The third kappa shape index (κ3) is 3.34. The van der Waals surface area contributed by atoms with Gasteiger partial charge in [-0.1, -0.05) is 41.7 Å². The molecule has 0 spiro atoms. The second-order valence-corrected chi connectivity index (χ2v) is 7.76. The van der Waals surface area contributed by atoms with Crippen molar-refractivity contribution in [3.8, 4) is 0 Å². The van der Waals surface area contributed by atoms with Crippen molar-refractivity contribution in [2.24, 2.45) is 0 Å². The Bertz CT molecular complexity index is 919. The van der Waals surface area contributed by atoms with Gasteiger partial charge in [-0.05, 0) is 28.8 Å². The summed E-state index contributed by atoms with van der Waals surface area (Å²) in [5, 5.41) is 15.5. The van der Waals surface area contributed by atoms with Gasteiger partial charge in [0, 0.05) is 6.54 Å². The van der Waals surface area contributed by atoms with Crippen LogP contribution >= 0.6 is 34.4 Å². The van der Waals surface area contributed by atoms with E-state index in [0.29, 0.717) is 0 Å². The minimum absolute atomic E-state index is 0.739. The molecule has 0 aliphatic carbocycles. The van der Waals surface area contributed by atoms with Crippen molar-refractivity contribution in [3.63, 3.8) is 0 Å². The average molecular weight is 357 g/mol. The summed E-state index contributed by atoms with van der Waals surface area (Å²) in [4.78, 5) is 8.61. The van der Waals surface area contributed by atoms with Gasteiger partial charge in [0.2, 0.25) is 5.13 Å². The summed E-state index contributed by atoms with van der Waals surface area (Å²) in [5.74, 6) is 0. The molecule has 8 heteroatoms. The predicted molar refractivity (Wildman–Crippen MR) is 95.2 cm³/mol. The Hall–Kier alpha value is -2.03. The molecule has 0 saturated heterocycles. The maximum atomic E-state index is 4.36. The molecule has 4 rings (SSSR count). The van der Waals surface area contributed by atoms with Crippen LogP contribution in [-0.2, 0) is 6.54 Å². The maximum Gasteiger partial charge on any atom is 0.206 e. The molecule has 0 fully saturated rings. The zero-order valence-corrected chi connectivity index (χ0v) is 14.3. The van der Waals surface area contributed by atoms with Crippen molar-refractivity contribution in [1.82, 2.24) is 20.2 Å². The molecule has 3 heterocycles. The van der Waals surface area contributed by atoms with Crippen molar-refractivity contribution in [2.75, 3.05) is 5.32 Å². The third-order valence-corrected chi connectivity index (χ3v) is 6.06. The maximum absolute atomic E-state index is 4.36. The minimum Gasteiger partial charge on any atom is -0.356 e. The van der Waals surface area contributed by atoms with Crippen LogP contribution in [0.4, 0.5) is 5.13 Å². The third-order valence-electron chi connectivity index (χ3n) is 3.09. The highest BCUT2D eigenvalue weighted by atomic mass is 32.2. The van der Waals surface area contributed by atoms with Gasteiger partial charge in [0.05, 0.1) is 10.2 Å². The Morgan fingerprint density at radius 1 is 1.04 bits per heavy atom. The molecule has 0 aliphatic heterocycles.